The van der Waals surface area contributed by atoms with Gasteiger partial charge in [-0.1, -0.05) is 19.9 Å². The molecule has 0 aliphatic heterocycles. The van der Waals surface area contributed by atoms with Crippen LogP contribution in [-0.2, 0) is 12.8 Å². The van der Waals surface area contributed by atoms with Crippen molar-refractivity contribution in [2.75, 3.05) is 7.11 Å². The fourth-order valence-electron chi connectivity index (χ4n) is 1.62. The third-order valence-electron chi connectivity index (χ3n) is 2.47. The molecule has 1 N–H and O–H groups in total. The molecule has 0 spiro atoms. The minimum atomic E-state index is -0.925. The van der Waals surface area contributed by atoms with Crippen LogP contribution in [0.3, 0.4) is 0 Å². The number of aryl methyl sites for hydroxylation is 2. The van der Waals surface area contributed by atoms with Crippen LogP contribution in [0.25, 0.3) is 0 Å². The quantitative estimate of drug-likeness (QED) is 0.827. The van der Waals surface area contributed by atoms with Crippen LogP contribution in [0, 0.1) is 0 Å². The first-order valence-corrected chi connectivity index (χ1v) is 5.07. The van der Waals surface area contributed by atoms with E-state index in [1.165, 1.54) is 7.11 Å². The highest BCUT2D eigenvalue weighted by Gasteiger charge is 2.16. The maximum atomic E-state index is 11.1. The molecule has 0 amide bonds. The van der Waals surface area contributed by atoms with Gasteiger partial charge in [0.2, 0.25) is 0 Å². The van der Waals surface area contributed by atoms with Crippen molar-refractivity contribution in [2.24, 2.45) is 0 Å². The van der Waals surface area contributed by atoms with E-state index in [0.717, 1.165) is 17.5 Å². The predicted octanol–water partition coefficient (Wildman–Crippen LogP) is 2.52. The molecule has 82 valence electrons. The summed E-state index contributed by atoms with van der Waals surface area (Å²) in [5.74, 6) is -0.468. The first-order valence-electron chi connectivity index (χ1n) is 5.07. The second-order valence-corrected chi connectivity index (χ2v) is 3.34. The van der Waals surface area contributed by atoms with E-state index >= 15 is 0 Å². The Kier molecular flexibility index (Phi) is 3.72. The molecule has 0 unspecified atom stereocenters. The van der Waals surface area contributed by atoms with E-state index in [4.69, 9.17) is 9.84 Å². The molecule has 3 heteroatoms. The minimum absolute atomic E-state index is 0.289. The molecule has 0 heterocycles. The van der Waals surface area contributed by atoms with Crippen molar-refractivity contribution >= 4 is 5.97 Å². The van der Waals surface area contributed by atoms with Crippen LogP contribution < -0.4 is 4.74 Å². The van der Waals surface area contributed by atoms with Gasteiger partial charge in [0.15, 0.2) is 0 Å². The van der Waals surface area contributed by atoms with Crippen molar-refractivity contribution in [3.63, 3.8) is 0 Å². The lowest BCUT2D eigenvalue weighted by molar-refractivity contribution is 0.0692. The number of hydrogen-bond donors (Lipinski definition) is 1. The van der Waals surface area contributed by atoms with E-state index in [-0.39, 0.29) is 5.56 Å². The summed E-state index contributed by atoms with van der Waals surface area (Å²) in [6, 6.07) is 3.73. The Balaban J connectivity index is 3.39. The first-order chi connectivity index (χ1) is 7.13. The van der Waals surface area contributed by atoms with Crippen LogP contribution in [0.2, 0.25) is 0 Å². The lowest BCUT2D eigenvalue weighted by Crippen LogP contribution is -2.06. The average molecular weight is 208 g/mol. The molecule has 0 atom stereocenters. The van der Waals surface area contributed by atoms with Crippen molar-refractivity contribution in [2.45, 2.75) is 26.7 Å². The summed E-state index contributed by atoms with van der Waals surface area (Å²) < 4.78 is 5.11. The molecule has 0 aliphatic rings. The molecular weight excluding hydrogens is 192 g/mol. The fourth-order valence-corrected chi connectivity index (χ4v) is 1.62. The van der Waals surface area contributed by atoms with Gasteiger partial charge in [0.1, 0.15) is 11.3 Å². The van der Waals surface area contributed by atoms with Crippen molar-refractivity contribution in [1.82, 2.24) is 0 Å². The van der Waals surface area contributed by atoms with Gasteiger partial charge in [-0.15, -0.1) is 0 Å². The van der Waals surface area contributed by atoms with Crippen LogP contribution in [-0.4, -0.2) is 18.2 Å². The average Bonchev–Trinajstić information content (AvgIpc) is 2.26. The van der Waals surface area contributed by atoms with Gasteiger partial charge < -0.3 is 9.84 Å². The zero-order chi connectivity index (χ0) is 11.4. The van der Waals surface area contributed by atoms with Crippen molar-refractivity contribution in [1.29, 1.82) is 0 Å². The number of methoxy groups -OCH3 is 1. The fraction of sp³-hybridized carbons (Fsp3) is 0.417. The van der Waals surface area contributed by atoms with Gasteiger partial charge in [-0.05, 0) is 30.0 Å². The number of aromatic carboxylic acids is 1. The molecule has 0 saturated carbocycles. The van der Waals surface area contributed by atoms with Crippen LogP contribution in [0.5, 0.6) is 5.75 Å². The molecule has 0 aromatic heterocycles. The highest BCUT2D eigenvalue weighted by atomic mass is 16.5. The van der Waals surface area contributed by atoms with Crippen molar-refractivity contribution in [3.05, 3.63) is 28.8 Å². The molecule has 0 radical (unpaired) electrons. The molecule has 0 saturated heterocycles. The van der Waals surface area contributed by atoms with Crippen molar-refractivity contribution < 1.29 is 14.6 Å². The lowest BCUT2D eigenvalue weighted by Gasteiger charge is -2.11. The van der Waals surface area contributed by atoms with Crippen LogP contribution in [0.1, 0.15) is 35.3 Å². The number of hydrogen-bond acceptors (Lipinski definition) is 2. The summed E-state index contributed by atoms with van der Waals surface area (Å²) in [4.78, 5) is 11.1. The number of carboxylic acids is 1. The summed E-state index contributed by atoms with van der Waals surface area (Å²) in [6.07, 6.45) is 1.58. The zero-order valence-corrected chi connectivity index (χ0v) is 9.33. The third kappa shape index (κ3) is 2.29. The molecule has 0 aliphatic carbocycles. The van der Waals surface area contributed by atoms with Gasteiger partial charge >= 0.3 is 5.97 Å². The SMILES string of the molecule is CCc1cc(CC)c(C(=O)O)c(OC)c1. The van der Waals surface area contributed by atoms with E-state index in [9.17, 15) is 4.79 Å². The normalized spacial score (nSPS) is 10.1. The summed E-state index contributed by atoms with van der Waals surface area (Å²) in [5, 5.41) is 9.09. The molecule has 1 aromatic rings. The second-order valence-electron chi connectivity index (χ2n) is 3.34. The molecule has 1 rings (SSSR count). The maximum absolute atomic E-state index is 11.1. The van der Waals surface area contributed by atoms with Gasteiger partial charge in [-0.2, -0.15) is 0 Å². The number of carboxylic acid groups (broad SMARTS) is 1. The molecule has 15 heavy (non-hydrogen) atoms. The summed E-state index contributed by atoms with van der Waals surface area (Å²) >= 11 is 0. The lowest BCUT2D eigenvalue weighted by atomic mass is 9.99. The van der Waals surface area contributed by atoms with E-state index in [1.54, 1.807) is 6.07 Å². The molecule has 0 bridgehead atoms. The van der Waals surface area contributed by atoms with Crippen molar-refractivity contribution in [3.8, 4) is 5.75 Å². The molecule has 3 nitrogen and oxygen atoms in total. The molecule has 1 aromatic carbocycles. The highest BCUT2D eigenvalue weighted by Crippen LogP contribution is 2.25. The topological polar surface area (TPSA) is 46.5 Å². The van der Waals surface area contributed by atoms with Gasteiger partial charge in [-0.25, -0.2) is 4.79 Å². The summed E-state index contributed by atoms with van der Waals surface area (Å²) in [7, 11) is 1.50. The maximum Gasteiger partial charge on any atom is 0.339 e. The van der Waals surface area contributed by atoms with Crippen LogP contribution in [0.15, 0.2) is 12.1 Å². The van der Waals surface area contributed by atoms with E-state index < -0.39 is 5.97 Å². The molecule has 0 fully saturated rings. The number of rotatable bonds is 4. The Bertz CT molecular complexity index is 344. The van der Waals surface area contributed by atoms with E-state index in [2.05, 4.69) is 0 Å². The first kappa shape index (κ1) is 11.6. The summed E-state index contributed by atoms with van der Waals surface area (Å²) in [5.41, 5.74) is 2.23. The largest absolute Gasteiger partial charge is 0.496 e. The van der Waals surface area contributed by atoms with Gasteiger partial charge in [0, 0.05) is 0 Å². The monoisotopic (exact) mass is 208 g/mol. The second kappa shape index (κ2) is 4.82. The number of benzene rings is 1. The highest BCUT2D eigenvalue weighted by molar-refractivity contribution is 5.92. The number of ether oxygens (including phenoxy) is 1. The van der Waals surface area contributed by atoms with Crippen LogP contribution >= 0.6 is 0 Å². The van der Waals surface area contributed by atoms with Gasteiger partial charge in [0.05, 0.1) is 7.11 Å². The van der Waals surface area contributed by atoms with Crippen LogP contribution in [0.4, 0.5) is 0 Å². The van der Waals surface area contributed by atoms with Gasteiger partial charge in [0.25, 0.3) is 0 Å². The Morgan fingerprint density at radius 3 is 2.40 bits per heavy atom. The third-order valence-corrected chi connectivity index (χ3v) is 2.47. The zero-order valence-electron chi connectivity index (χ0n) is 9.33. The number of carbonyl (C=O) groups is 1. The Morgan fingerprint density at radius 1 is 1.33 bits per heavy atom. The van der Waals surface area contributed by atoms with E-state index in [1.807, 2.05) is 19.9 Å². The van der Waals surface area contributed by atoms with Gasteiger partial charge in [-0.3, -0.25) is 0 Å². The Morgan fingerprint density at radius 2 is 2.00 bits per heavy atom. The minimum Gasteiger partial charge on any atom is -0.496 e. The standard InChI is InChI=1S/C12H16O3/c1-4-8-6-9(5-2)11(12(13)14)10(7-8)15-3/h6-7H,4-5H2,1-3H3,(H,13,14). The predicted molar refractivity (Wildman–Crippen MR) is 58.7 cm³/mol. The molecular formula is C12H16O3. The summed E-state index contributed by atoms with van der Waals surface area (Å²) in [6.45, 7) is 3.98. The Labute approximate surface area is 89.7 Å². The van der Waals surface area contributed by atoms with E-state index in [0.29, 0.717) is 12.2 Å². The smallest absolute Gasteiger partial charge is 0.339 e. The Hall–Kier alpha value is -1.51.